The number of carbonyl (C=O) groups is 4. The summed E-state index contributed by atoms with van der Waals surface area (Å²) < 4.78 is 17.1. The van der Waals surface area contributed by atoms with Crippen LogP contribution in [0, 0.1) is 46.3 Å². The number of carbonyl (C=O) groups excluding carboxylic acids is 4. The van der Waals surface area contributed by atoms with E-state index in [1.807, 2.05) is 69.2 Å². The third-order valence-electron chi connectivity index (χ3n) is 15.4. The molecule has 4 rings (SSSR count). The lowest BCUT2D eigenvalue weighted by atomic mass is 9.47. The molecule has 10 nitrogen and oxygen atoms in total. The van der Waals surface area contributed by atoms with Gasteiger partial charge < -0.3 is 29.7 Å². The molecule has 8 unspecified atom stereocenters. The Morgan fingerprint density at radius 3 is 1.95 bits per heavy atom. The van der Waals surface area contributed by atoms with Gasteiger partial charge >= 0.3 is 18.2 Å². The van der Waals surface area contributed by atoms with Gasteiger partial charge in [-0.25, -0.2) is 9.59 Å². The topological polar surface area (TPSA) is 123 Å². The minimum atomic E-state index is -0.650. The molecule has 0 aromatic heterocycles. The number of rotatable bonds is 18. The first kappa shape index (κ1) is 51.9. The lowest BCUT2D eigenvalue weighted by molar-refractivity contribution is -0.153. The first-order valence-corrected chi connectivity index (χ1v) is 24.7. The number of hydrogen-bond donors (Lipinski definition) is 2. The Labute approximate surface area is 377 Å². The fraction of sp³-hybridized carbons (Fsp3) is 0.885. The maximum Gasteiger partial charge on any atom is 0.408 e. The Kier molecular flexibility index (Phi) is 17.2. The second kappa shape index (κ2) is 20.6. The number of nitrogens with zero attached hydrogens (tertiary/aromatic N) is 1. The average Bonchev–Trinajstić information content (AvgIpc) is 3.47. The quantitative estimate of drug-likeness (QED) is 0.0799. The highest BCUT2D eigenvalue weighted by molar-refractivity contribution is 5.81. The molecule has 0 radical (unpaired) electrons. The number of amides is 3. The van der Waals surface area contributed by atoms with Crippen LogP contribution >= 0.6 is 0 Å². The summed E-state index contributed by atoms with van der Waals surface area (Å²) in [6, 6.07) is 0. The van der Waals surface area contributed by atoms with Crippen molar-refractivity contribution in [3.63, 3.8) is 0 Å². The zero-order valence-corrected chi connectivity index (χ0v) is 42.2. The molecule has 0 aliphatic heterocycles. The van der Waals surface area contributed by atoms with Gasteiger partial charge in [0.05, 0.1) is 6.42 Å². The summed E-state index contributed by atoms with van der Waals surface area (Å²) in [7, 11) is 0. The molecule has 8 atom stereocenters. The van der Waals surface area contributed by atoms with Crippen LogP contribution in [0.2, 0.25) is 0 Å². The van der Waals surface area contributed by atoms with Crippen LogP contribution in [0.25, 0.3) is 0 Å². The maximum absolute atomic E-state index is 13.9. The Bertz CT molecular complexity index is 1570. The first-order chi connectivity index (χ1) is 28.5. The lowest BCUT2D eigenvalue weighted by Gasteiger charge is -2.58. The van der Waals surface area contributed by atoms with Gasteiger partial charge in [0.25, 0.3) is 0 Å². The van der Waals surface area contributed by atoms with Crippen molar-refractivity contribution < 1.29 is 33.4 Å². The molecule has 3 fully saturated rings. The van der Waals surface area contributed by atoms with Crippen molar-refractivity contribution >= 4 is 24.1 Å². The fourth-order valence-corrected chi connectivity index (χ4v) is 12.1. The van der Waals surface area contributed by atoms with E-state index >= 15 is 0 Å². The molecule has 3 saturated carbocycles. The summed E-state index contributed by atoms with van der Waals surface area (Å²) in [5.74, 6) is 4.28. The SMILES string of the molecule is CC(C)CCCC(C)C1CCC2C3CC=C4CC(OC(=O)CCC(=O)N(CCCC(C)(C)NC(=O)OC(C)(C)C)CCC(C)(C)NC(=O)OC(C)(C)C)CCC4(C)C3CCC12C. The molecule has 0 spiro atoms. The lowest BCUT2D eigenvalue weighted by Crippen LogP contribution is -2.51. The van der Waals surface area contributed by atoms with Crippen molar-refractivity contribution in [2.45, 2.75) is 235 Å². The summed E-state index contributed by atoms with van der Waals surface area (Å²) in [4.78, 5) is 54.2. The van der Waals surface area contributed by atoms with E-state index in [2.05, 4.69) is 51.3 Å². The number of nitrogens with one attached hydrogen (secondary N) is 2. The molecule has 0 saturated heterocycles. The van der Waals surface area contributed by atoms with E-state index in [1.165, 1.54) is 50.5 Å². The average molecular weight is 870 g/mol. The van der Waals surface area contributed by atoms with Crippen LogP contribution in [0.3, 0.4) is 0 Å². The van der Waals surface area contributed by atoms with Crippen molar-refractivity contribution in [3.05, 3.63) is 11.6 Å². The zero-order valence-electron chi connectivity index (χ0n) is 42.2. The van der Waals surface area contributed by atoms with Crippen molar-refractivity contribution in [2.75, 3.05) is 13.1 Å². The molecule has 10 heteroatoms. The largest absolute Gasteiger partial charge is 0.462 e. The van der Waals surface area contributed by atoms with Crippen LogP contribution < -0.4 is 10.6 Å². The van der Waals surface area contributed by atoms with Gasteiger partial charge in [-0.15, -0.1) is 0 Å². The summed E-state index contributed by atoms with van der Waals surface area (Å²) in [5, 5.41) is 5.90. The van der Waals surface area contributed by atoms with Crippen molar-refractivity contribution in [3.8, 4) is 0 Å². The first-order valence-electron chi connectivity index (χ1n) is 24.7. The number of allylic oxidation sites excluding steroid dienone is 1. The maximum atomic E-state index is 13.9. The van der Waals surface area contributed by atoms with Gasteiger partial charge in [-0.3, -0.25) is 9.59 Å². The zero-order chi connectivity index (χ0) is 46.5. The van der Waals surface area contributed by atoms with Gasteiger partial charge in [-0.2, -0.15) is 0 Å². The van der Waals surface area contributed by atoms with E-state index in [9.17, 15) is 19.2 Å². The predicted octanol–water partition coefficient (Wildman–Crippen LogP) is 12.3. The standard InChI is InChI=1S/C52H91N3O7/c1-35(2)18-16-19-36(3)40-22-23-41-39-21-20-37-34-38(26-29-51(37,14)42(39)27-30-52(40,41)15)60-44(57)25-24-43(56)55(33-31-50(12,13)54-46(59)62-48(7,8)9)32-17-28-49(10,11)53-45(58)61-47(4,5)6/h20,35-36,38-42H,16-19,21-34H2,1-15H3,(H,53,58)(H,54,59). The van der Waals surface area contributed by atoms with Gasteiger partial charge in [-0.1, -0.05) is 65.5 Å². The van der Waals surface area contributed by atoms with Gasteiger partial charge in [0.2, 0.25) is 5.91 Å². The highest BCUT2D eigenvalue weighted by Gasteiger charge is 2.59. The summed E-state index contributed by atoms with van der Waals surface area (Å²) in [6.45, 7) is 31.9. The third kappa shape index (κ3) is 14.6. The number of ether oxygens (including phenoxy) is 3. The van der Waals surface area contributed by atoms with E-state index in [0.717, 1.165) is 55.3 Å². The highest BCUT2D eigenvalue weighted by atomic mass is 16.6. The van der Waals surface area contributed by atoms with Crippen LogP contribution in [-0.4, -0.2) is 70.4 Å². The number of esters is 1. The minimum Gasteiger partial charge on any atom is -0.462 e. The molecule has 4 aliphatic rings. The Morgan fingerprint density at radius 1 is 0.742 bits per heavy atom. The van der Waals surface area contributed by atoms with E-state index in [4.69, 9.17) is 14.2 Å². The van der Waals surface area contributed by atoms with E-state index in [1.54, 1.807) is 4.90 Å². The molecule has 0 aromatic carbocycles. The van der Waals surface area contributed by atoms with Gasteiger partial charge in [-0.05, 0) is 180 Å². The molecule has 0 bridgehead atoms. The second-order valence-corrected chi connectivity index (χ2v) is 24.4. The monoisotopic (exact) mass is 870 g/mol. The summed E-state index contributed by atoms with van der Waals surface area (Å²) >= 11 is 0. The molecule has 3 amide bonds. The summed E-state index contributed by atoms with van der Waals surface area (Å²) in [6.07, 6.45) is 16.6. The number of alkyl carbamates (subject to hydrolysis) is 2. The second-order valence-electron chi connectivity index (χ2n) is 24.4. The number of hydrogen-bond acceptors (Lipinski definition) is 7. The number of fused-ring (bicyclic) bond motifs is 5. The van der Waals surface area contributed by atoms with Crippen molar-refractivity contribution in [2.24, 2.45) is 46.3 Å². The van der Waals surface area contributed by atoms with E-state index < -0.39 is 34.5 Å². The molecule has 2 N–H and O–H groups in total. The smallest absolute Gasteiger partial charge is 0.408 e. The molecule has 0 aromatic rings. The normalized spacial score (nSPS) is 28.1. The van der Waals surface area contributed by atoms with Crippen molar-refractivity contribution in [1.29, 1.82) is 0 Å². The molecular formula is C52H91N3O7. The third-order valence-corrected chi connectivity index (χ3v) is 15.4. The fourth-order valence-electron chi connectivity index (χ4n) is 12.1. The molecular weight excluding hydrogens is 779 g/mol. The minimum absolute atomic E-state index is 0.0232. The highest BCUT2D eigenvalue weighted by Crippen LogP contribution is 2.67. The van der Waals surface area contributed by atoms with Gasteiger partial charge in [0, 0.05) is 37.0 Å². The Morgan fingerprint density at radius 2 is 1.35 bits per heavy atom. The van der Waals surface area contributed by atoms with E-state index in [-0.39, 0.29) is 36.2 Å². The molecule has 62 heavy (non-hydrogen) atoms. The molecule has 4 aliphatic carbocycles. The predicted molar refractivity (Wildman–Crippen MR) is 249 cm³/mol. The van der Waals surface area contributed by atoms with Crippen LogP contribution in [0.1, 0.15) is 207 Å². The molecule has 356 valence electrons. The molecule has 0 heterocycles. The van der Waals surface area contributed by atoms with Crippen LogP contribution in [0.15, 0.2) is 11.6 Å². The van der Waals surface area contributed by atoms with Crippen LogP contribution in [-0.2, 0) is 23.8 Å². The Balaban J connectivity index is 1.33. The van der Waals surface area contributed by atoms with E-state index in [0.29, 0.717) is 43.7 Å². The summed E-state index contributed by atoms with van der Waals surface area (Å²) in [5.41, 5.74) is -0.322. The van der Waals surface area contributed by atoms with Gasteiger partial charge in [0.1, 0.15) is 17.3 Å². The van der Waals surface area contributed by atoms with Gasteiger partial charge in [0.15, 0.2) is 0 Å². The van der Waals surface area contributed by atoms with Crippen molar-refractivity contribution in [1.82, 2.24) is 15.5 Å². The van der Waals surface area contributed by atoms with Crippen LogP contribution in [0.4, 0.5) is 9.59 Å². The van der Waals surface area contributed by atoms with Crippen LogP contribution in [0.5, 0.6) is 0 Å². The Hall–Kier alpha value is -2.78.